The first kappa shape index (κ1) is 30.0. The number of anilines is 1. The van der Waals surface area contributed by atoms with Gasteiger partial charge in [0.25, 0.3) is 0 Å². The molecule has 2 aliphatic carbocycles. The van der Waals surface area contributed by atoms with Gasteiger partial charge in [-0.05, 0) is 73.2 Å². The molecule has 1 aromatic heterocycles. The van der Waals surface area contributed by atoms with Gasteiger partial charge < -0.3 is 45.4 Å². The Kier molecular flexibility index (Phi) is 7.15. The molecule has 2 fully saturated rings. The molecule has 6 atom stereocenters. The molecule has 2 aromatic carbocycles. The predicted octanol–water partition coefficient (Wildman–Crippen LogP) is 1.70. The van der Waals surface area contributed by atoms with Crippen molar-refractivity contribution in [3.8, 4) is 11.5 Å². The van der Waals surface area contributed by atoms with Crippen molar-refractivity contribution < 1.29 is 49.7 Å². The minimum absolute atomic E-state index is 0.00494. The summed E-state index contributed by atoms with van der Waals surface area (Å²) in [7, 11) is 0. The Balaban J connectivity index is 1.46. The van der Waals surface area contributed by atoms with Gasteiger partial charge in [0.05, 0.1) is 23.8 Å². The number of carbonyl (C=O) groups is 2. The number of fused-ring (bicyclic) bond motifs is 7. The molecule has 7 rings (SSSR count). The second-order valence-corrected chi connectivity index (χ2v) is 13.0. The molecule has 3 aromatic rings. The van der Waals surface area contributed by atoms with E-state index in [1.807, 2.05) is 0 Å². The predicted molar refractivity (Wildman–Crippen MR) is 159 cm³/mol. The minimum Gasteiger partial charge on any atom is -0.507 e. The number of aliphatic hydroxyl groups is 5. The monoisotopic (exact) mass is 620 g/mol. The number of phenolic OH excluding ortho intramolecular Hbond substituents is 1. The Morgan fingerprint density at radius 3 is 2.42 bits per heavy atom. The Labute approximate surface area is 258 Å². The standard InChI is InChI=1S/C33H36N2O10/c1-15-10-18-22(19(37)11-15)26(40)24-20-12-17-16(23(24)25(18)39)4-9-34-30(17)35-13-21(38)32(5-2-3-6-32)7-8-33(14-36)29(43)27(41)28(42)31(44-20)45-33/h4,9-12,21,27-29,31,36-38,41-43H,2-3,5-8,13-14H2,1H3,(H,34,35)/t21-,27-,28-,29+,31-,33-/m1/s1. The van der Waals surface area contributed by atoms with Crippen molar-refractivity contribution in [1.82, 2.24) is 4.98 Å². The normalized spacial score (nSPS) is 30.8. The van der Waals surface area contributed by atoms with Crippen molar-refractivity contribution in [2.24, 2.45) is 5.41 Å². The average Bonchev–Trinajstić information content (AvgIpc) is 3.51. The van der Waals surface area contributed by atoms with Crippen LogP contribution >= 0.6 is 0 Å². The fraction of sp³-hybridized carbons (Fsp3) is 0.485. The number of carbonyl (C=O) groups excluding carboxylic acids is 2. The molecule has 0 amide bonds. The van der Waals surface area contributed by atoms with Gasteiger partial charge in [0.2, 0.25) is 12.1 Å². The third kappa shape index (κ3) is 4.46. The van der Waals surface area contributed by atoms with Crippen molar-refractivity contribution in [2.75, 3.05) is 18.5 Å². The van der Waals surface area contributed by atoms with Gasteiger partial charge in [0.15, 0.2) is 5.78 Å². The molecule has 1 spiro atoms. The summed E-state index contributed by atoms with van der Waals surface area (Å²) in [6, 6.07) is 5.96. The summed E-state index contributed by atoms with van der Waals surface area (Å²) in [6.45, 7) is 1.06. The lowest BCUT2D eigenvalue weighted by Gasteiger charge is -2.49. The van der Waals surface area contributed by atoms with E-state index in [1.165, 1.54) is 24.4 Å². The van der Waals surface area contributed by atoms with Gasteiger partial charge in [-0.3, -0.25) is 9.59 Å². The smallest absolute Gasteiger partial charge is 0.229 e. The molecule has 12 nitrogen and oxygen atoms in total. The van der Waals surface area contributed by atoms with Gasteiger partial charge in [-0.15, -0.1) is 0 Å². The summed E-state index contributed by atoms with van der Waals surface area (Å²) < 4.78 is 12.3. The highest BCUT2D eigenvalue weighted by molar-refractivity contribution is 6.34. The van der Waals surface area contributed by atoms with Crippen LogP contribution in [-0.2, 0) is 4.74 Å². The molecular weight excluding hydrogens is 584 g/mol. The van der Waals surface area contributed by atoms with E-state index in [4.69, 9.17) is 9.47 Å². The van der Waals surface area contributed by atoms with Crippen LogP contribution in [0, 0.1) is 12.3 Å². The molecule has 12 heteroatoms. The average molecular weight is 621 g/mol. The maximum atomic E-state index is 14.1. The van der Waals surface area contributed by atoms with E-state index in [2.05, 4.69) is 10.3 Å². The molecule has 0 radical (unpaired) electrons. The van der Waals surface area contributed by atoms with Crippen LogP contribution in [0.5, 0.6) is 11.5 Å². The number of hydrogen-bond donors (Lipinski definition) is 7. The number of ketones is 2. The van der Waals surface area contributed by atoms with Gasteiger partial charge in [-0.2, -0.15) is 0 Å². The third-order valence-corrected chi connectivity index (χ3v) is 10.4. The molecule has 1 saturated heterocycles. The number of rotatable bonds is 1. The zero-order chi connectivity index (χ0) is 31.8. The van der Waals surface area contributed by atoms with Crippen molar-refractivity contribution in [1.29, 1.82) is 0 Å². The summed E-state index contributed by atoms with van der Waals surface area (Å²) in [5, 5.41) is 70.1. The largest absolute Gasteiger partial charge is 0.507 e. The lowest BCUT2D eigenvalue weighted by molar-refractivity contribution is -0.322. The highest BCUT2D eigenvalue weighted by Gasteiger charge is 2.56. The second-order valence-electron chi connectivity index (χ2n) is 13.0. The number of benzene rings is 2. The van der Waals surface area contributed by atoms with Crippen molar-refractivity contribution in [3.05, 3.63) is 58.3 Å². The first-order valence-corrected chi connectivity index (χ1v) is 15.3. The van der Waals surface area contributed by atoms with Crippen LogP contribution in [0.25, 0.3) is 10.8 Å². The van der Waals surface area contributed by atoms with Crippen LogP contribution in [0.4, 0.5) is 5.82 Å². The van der Waals surface area contributed by atoms with Crippen LogP contribution < -0.4 is 10.1 Å². The Morgan fingerprint density at radius 1 is 0.933 bits per heavy atom. The van der Waals surface area contributed by atoms with Gasteiger partial charge in [-0.1, -0.05) is 12.8 Å². The zero-order valence-corrected chi connectivity index (χ0v) is 24.7. The van der Waals surface area contributed by atoms with E-state index < -0.39 is 59.9 Å². The van der Waals surface area contributed by atoms with Crippen LogP contribution in [0.15, 0.2) is 30.5 Å². The number of aryl methyl sites for hydroxylation is 1. The molecular formula is C33H36N2O10. The number of aliphatic hydroxyl groups excluding tert-OH is 5. The first-order valence-electron chi connectivity index (χ1n) is 15.3. The second kappa shape index (κ2) is 10.7. The summed E-state index contributed by atoms with van der Waals surface area (Å²) in [4.78, 5) is 32.7. The van der Waals surface area contributed by atoms with Gasteiger partial charge in [-0.25, -0.2) is 4.98 Å². The quantitative estimate of drug-likeness (QED) is 0.163. The molecule has 4 bridgehead atoms. The number of aromatic nitrogens is 1. The van der Waals surface area contributed by atoms with Crippen LogP contribution in [0.2, 0.25) is 0 Å². The Bertz CT molecular complexity index is 1720. The number of aromatic hydroxyl groups is 1. The molecule has 0 unspecified atom stereocenters. The molecule has 2 aliphatic heterocycles. The van der Waals surface area contributed by atoms with E-state index in [0.29, 0.717) is 41.4 Å². The fourth-order valence-electron chi connectivity index (χ4n) is 7.80. The number of nitrogens with one attached hydrogen (secondary N) is 1. The lowest BCUT2D eigenvalue weighted by atomic mass is 9.72. The van der Waals surface area contributed by atoms with Crippen molar-refractivity contribution in [2.45, 2.75) is 81.8 Å². The summed E-state index contributed by atoms with van der Waals surface area (Å²) in [5.74, 6) is -1.47. The van der Waals surface area contributed by atoms with Gasteiger partial charge in [0.1, 0.15) is 41.2 Å². The van der Waals surface area contributed by atoms with E-state index in [1.54, 1.807) is 13.0 Å². The minimum atomic E-state index is -1.81. The Morgan fingerprint density at radius 2 is 1.69 bits per heavy atom. The van der Waals surface area contributed by atoms with E-state index >= 15 is 0 Å². The fourth-order valence-corrected chi connectivity index (χ4v) is 7.80. The lowest BCUT2D eigenvalue weighted by Crippen LogP contribution is -2.67. The van der Waals surface area contributed by atoms with Crippen molar-refractivity contribution >= 4 is 28.2 Å². The molecule has 238 valence electrons. The van der Waals surface area contributed by atoms with E-state index in [9.17, 15) is 40.2 Å². The molecule has 7 N–H and O–H groups in total. The topological polar surface area (TPSA) is 199 Å². The first-order chi connectivity index (χ1) is 21.5. The third-order valence-electron chi connectivity index (χ3n) is 10.4. The maximum Gasteiger partial charge on any atom is 0.229 e. The highest BCUT2D eigenvalue weighted by Crippen LogP contribution is 2.49. The Hall–Kier alpha value is -3.65. The summed E-state index contributed by atoms with van der Waals surface area (Å²) in [5.41, 5.74) is -2.14. The molecule has 3 heterocycles. The van der Waals surface area contributed by atoms with Crippen LogP contribution in [0.1, 0.15) is 75.9 Å². The van der Waals surface area contributed by atoms with Crippen molar-refractivity contribution in [3.63, 3.8) is 0 Å². The molecule has 4 aliphatic rings. The maximum absolute atomic E-state index is 14.1. The molecule has 45 heavy (non-hydrogen) atoms. The van der Waals surface area contributed by atoms with Gasteiger partial charge >= 0.3 is 0 Å². The number of phenols is 1. The number of hydrogen-bond acceptors (Lipinski definition) is 12. The summed E-state index contributed by atoms with van der Waals surface area (Å²) in [6.07, 6.45) is -2.84. The highest BCUT2D eigenvalue weighted by atomic mass is 16.7. The molecule has 1 saturated carbocycles. The SMILES string of the molecule is Cc1cc(O)c2c(c1)C(=O)c1c(c3cc4c(nccc14)NC[C@@H](O)C1(CCCC1)CC[C@]1(CO)O[C@@H](O3)[C@H](O)[C@@H](O)[C@@H]1O)C2=O. The van der Waals surface area contributed by atoms with Gasteiger partial charge in [0, 0.05) is 29.3 Å². The zero-order valence-electron chi connectivity index (χ0n) is 24.7. The van der Waals surface area contributed by atoms with E-state index in [0.717, 1.165) is 12.8 Å². The van der Waals surface area contributed by atoms with Crippen LogP contribution in [-0.4, -0.2) is 96.6 Å². The van der Waals surface area contributed by atoms with E-state index in [-0.39, 0.29) is 46.7 Å². The number of ether oxygens (including phenoxy) is 2. The number of pyridine rings is 1. The number of β-amino-alcohol motifs (C(OH)–C–C–N with tert-alkyl or cyclic N) is 1. The number of nitrogens with zero attached hydrogens (tertiary/aromatic N) is 1. The summed E-state index contributed by atoms with van der Waals surface area (Å²) >= 11 is 0. The van der Waals surface area contributed by atoms with Crippen LogP contribution in [0.3, 0.4) is 0 Å².